The Labute approximate surface area is 166 Å². The van der Waals surface area contributed by atoms with Gasteiger partial charge in [-0.3, -0.25) is 9.59 Å². The number of rotatable bonds is 1. The first-order chi connectivity index (χ1) is 13.4. The molecule has 0 unspecified atom stereocenters. The SMILES string of the molecule is CN1CC[C@@](O)(C#Cc2ccc3c(c2)-c2nc(C(N)=O)sc2C2CC3C2)C1=O. The van der Waals surface area contributed by atoms with Crippen LogP contribution in [0, 0.1) is 11.8 Å². The topological polar surface area (TPSA) is 96.5 Å². The summed E-state index contributed by atoms with van der Waals surface area (Å²) in [5.41, 5.74) is 7.59. The third kappa shape index (κ3) is 2.49. The number of benzene rings is 1. The lowest BCUT2D eigenvalue weighted by Crippen LogP contribution is -2.37. The number of carbonyl (C=O) groups is 2. The smallest absolute Gasteiger partial charge is 0.277 e. The Morgan fingerprint density at radius 1 is 1.39 bits per heavy atom. The zero-order chi connectivity index (χ0) is 19.6. The molecule has 28 heavy (non-hydrogen) atoms. The molecule has 1 aromatic carbocycles. The summed E-state index contributed by atoms with van der Waals surface area (Å²) >= 11 is 1.39. The molecule has 2 aromatic rings. The molecule has 1 saturated carbocycles. The lowest BCUT2D eigenvalue weighted by molar-refractivity contribution is -0.137. The van der Waals surface area contributed by atoms with E-state index < -0.39 is 11.5 Å². The van der Waals surface area contributed by atoms with Gasteiger partial charge in [-0.1, -0.05) is 17.9 Å². The van der Waals surface area contributed by atoms with Gasteiger partial charge in [-0.2, -0.15) is 0 Å². The van der Waals surface area contributed by atoms with E-state index in [1.165, 1.54) is 21.8 Å². The largest absolute Gasteiger partial charge is 0.369 e. The molecule has 1 aliphatic heterocycles. The molecule has 1 atom stereocenters. The van der Waals surface area contributed by atoms with Gasteiger partial charge in [0.05, 0.1) is 5.69 Å². The fraction of sp³-hybridized carbons (Fsp3) is 0.381. The monoisotopic (exact) mass is 393 g/mol. The van der Waals surface area contributed by atoms with E-state index in [2.05, 4.69) is 22.9 Å². The molecule has 6 nitrogen and oxygen atoms in total. The van der Waals surface area contributed by atoms with Crippen LogP contribution in [0.5, 0.6) is 0 Å². The summed E-state index contributed by atoms with van der Waals surface area (Å²) in [4.78, 5) is 30.9. The van der Waals surface area contributed by atoms with Crippen molar-refractivity contribution in [2.45, 2.75) is 36.7 Å². The van der Waals surface area contributed by atoms with Gasteiger partial charge in [-0.05, 0) is 42.4 Å². The number of likely N-dealkylation sites (tertiary alicyclic amines) is 1. The Balaban J connectivity index is 1.58. The molecule has 7 heteroatoms. The maximum atomic E-state index is 12.1. The zero-order valence-electron chi connectivity index (χ0n) is 15.4. The Morgan fingerprint density at radius 2 is 2.18 bits per heavy atom. The highest BCUT2D eigenvalue weighted by atomic mass is 32.1. The van der Waals surface area contributed by atoms with Crippen molar-refractivity contribution in [3.63, 3.8) is 0 Å². The number of amides is 2. The summed E-state index contributed by atoms with van der Waals surface area (Å²) in [6, 6.07) is 5.95. The van der Waals surface area contributed by atoms with E-state index in [1.807, 2.05) is 12.1 Å². The molecule has 2 heterocycles. The van der Waals surface area contributed by atoms with E-state index in [0.717, 1.165) is 29.0 Å². The number of carbonyl (C=O) groups excluding carboxylic acids is 2. The maximum Gasteiger partial charge on any atom is 0.277 e. The van der Waals surface area contributed by atoms with Gasteiger partial charge in [0.15, 0.2) is 5.01 Å². The molecule has 3 aliphatic carbocycles. The van der Waals surface area contributed by atoms with Crippen LogP contribution in [-0.4, -0.2) is 46.0 Å². The average Bonchev–Trinajstić information content (AvgIpc) is 3.11. The molecule has 1 saturated heterocycles. The van der Waals surface area contributed by atoms with Crippen LogP contribution in [0.1, 0.15) is 56.9 Å². The minimum atomic E-state index is -1.62. The van der Waals surface area contributed by atoms with Crippen molar-refractivity contribution in [3.05, 3.63) is 39.2 Å². The minimum absolute atomic E-state index is 0.308. The lowest BCUT2D eigenvalue weighted by atomic mass is 9.72. The zero-order valence-corrected chi connectivity index (χ0v) is 16.2. The van der Waals surface area contributed by atoms with Crippen LogP contribution in [0.15, 0.2) is 18.2 Å². The minimum Gasteiger partial charge on any atom is -0.369 e. The number of thiazole rings is 1. The quantitative estimate of drug-likeness (QED) is 0.723. The van der Waals surface area contributed by atoms with Gasteiger partial charge in [0.1, 0.15) is 0 Å². The Morgan fingerprint density at radius 3 is 2.86 bits per heavy atom. The van der Waals surface area contributed by atoms with E-state index in [4.69, 9.17) is 5.73 Å². The predicted octanol–water partition coefficient (Wildman–Crippen LogP) is 1.83. The number of hydrogen-bond acceptors (Lipinski definition) is 5. The summed E-state index contributed by atoms with van der Waals surface area (Å²) in [6.07, 6.45) is 2.43. The van der Waals surface area contributed by atoms with Gasteiger partial charge in [0.25, 0.3) is 11.8 Å². The molecule has 0 radical (unpaired) electrons. The summed E-state index contributed by atoms with van der Waals surface area (Å²) < 4.78 is 0. The van der Waals surface area contributed by atoms with Crippen molar-refractivity contribution in [2.75, 3.05) is 13.6 Å². The second-order valence-electron chi connectivity index (χ2n) is 7.85. The number of likely N-dealkylation sites (N-methyl/N-ethyl adjacent to an activating group) is 1. The van der Waals surface area contributed by atoms with Crippen LogP contribution in [0.25, 0.3) is 11.3 Å². The highest BCUT2D eigenvalue weighted by Gasteiger charge is 2.43. The molecule has 142 valence electrons. The predicted molar refractivity (Wildman–Crippen MR) is 105 cm³/mol. The first kappa shape index (κ1) is 17.4. The first-order valence-electron chi connectivity index (χ1n) is 9.31. The van der Waals surface area contributed by atoms with Crippen molar-refractivity contribution in [1.82, 2.24) is 9.88 Å². The van der Waals surface area contributed by atoms with Gasteiger partial charge in [-0.25, -0.2) is 4.98 Å². The van der Waals surface area contributed by atoms with Gasteiger partial charge < -0.3 is 15.7 Å². The second-order valence-corrected chi connectivity index (χ2v) is 8.88. The third-order valence-corrected chi connectivity index (χ3v) is 7.28. The standard InChI is InChI=1S/C21H19N3O3S/c1-24-7-6-21(27,20(24)26)5-4-11-2-3-14-12-9-13(10-12)17-16(15(14)8-11)23-19(28-17)18(22)25/h2-3,8,12-13,27H,6-7,9-10H2,1H3,(H2,22,25)/t12?,13?,21-/m0/s1. The molecule has 3 N–H and O–H groups in total. The molecule has 2 amide bonds. The fourth-order valence-electron chi connectivity index (χ4n) is 4.33. The Bertz CT molecular complexity index is 1090. The molecular weight excluding hydrogens is 374 g/mol. The number of primary amides is 1. The summed E-state index contributed by atoms with van der Waals surface area (Å²) in [7, 11) is 1.66. The van der Waals surface area contributed by atoms with E-state index in [0.29, 0.717) is 35.4 Å². The van der Waals surface area contributed by atoms with Crippen LogP contribution in [0.4, 0.5) is 0 Å². The van der Waals surface area contributed by atoms with E-state index in [9.17, 15) is 14.7 Å². The Kier molecular flexibility index (Phi) is 3.67. The maximum absolute atomic E-state index is 12.1. The fourth-order valence-corrected chi connectivity index (χ4v) is 5.39. The first-order valence-corrected chi connectivity index (χ1v) is 10.1. The van der Waals surface area contributed by atoms with Crippen LogP contribution < -0.4 is 5.73 Å². The molecule has 0 spiro atoms. The lowest BCUT2D eigenvalue weighted by Gasteiger charge is -2.33. The molecule has 4 aliphatic rings. The van der Waals surface area contributed by atoms with Crippen molar-refractivity contribution < 1.29 is 14.7 Å². The van der Waals surface area contributed by atoms with E-state index in [-0.39, 0.29) is 5.91 Å². The van der Waals surface area contributed by atoms with E-state index in [1.54, 1.807) is 7.05 Å². The number of nitrogens with zero attached hydrogens (tertiary/aromatic N) is 2. The summed E-state index contributed by atoms with van der Waals surface area (Å²) in [5, 5.41) is 10.9. The number of nitrogens with two attached hydrogens (primary N) is 1. The normalized spacial score (nSPS) is 27.2. The van der Waals surface area contributed by atoms with Crippen LogP contribution >= 0.6 is 11.3 Å². The van der Waals surface area contributed by atoms with Gasteiger partial charge in [0, 0.05) is 36.0 Å². The number of hydrogen-bond donors (Lipinski definition) is 2. The van der Waals surface area contributed by atoms with Crippen LogP contribution in [0.3, 0.4) is 0 Å². The van der Waals surface area contributed by atoms with Gasteiger partial charge in [-0.15, -0.1) is 11.3 Å². The van der Waals surface area contributed by atoms with Crippen LogP contribution in [0.2, 0.25) is 0 Å². The molecule has 1 aromatic heterocycles. The average molecular weight is 393 g/mol. The summed E-state index contributed by atoms with van der Waals surface area (Å²) in [5.74, 6) is 5.81. The molecule has 6 rings (SSSR count). The molecule has 2 bridgehead atoms. The van der Waals surface area contributed by atoms with Crippen LogP contribution in [-0.2, 0) is 4.79 Å². The summed E-state index contributed by atoms with van der Waals surface area (Å²) in [6.45, 7) is 0.495. The van der Waals surface area contributed by atoms with Crippen molar-refractivity contribution in [3.8, 4) is 23.1 Å². The number of aromatic nitrogens is 1. The third-order valence-electron chi connectivity index (χ3n) is 6.04. The Hall–Kier alpha value is -2.69. The highest BCUT2D eigenvalue weighted by Crippen LogP contribution is 2.56. The van der Waals surface area contributed by atoms with Crippen molar-refractivity contribution in [1.29, 1.82) is 0 Å². The number of aliphatic hydroxyl groups is 1. The molecule has 2 fully saturated rings. The molecular formula is C21H19N3O3S. The van der Waals surface area contributed by atoms with Crippen molar-refractivity contribution >= 4 is 23.2 Å². The highest BCUT2D eigenvalue weighted by molar-refractivity contribution is 7.14. The van der Waals surface area contributed by atoms with Gasteiger partial charge >= 0.3 is 0 Å². The second kappa shape index (κ2) is 5.90. The van der Waals surface area contributed by atoms with Crippen molar-refractivity contribution in [2.24, 2.45) is 5.73 Å². The van der Waals surface area contributed by atoms with Gasteiger partial charge in [0.2, 0.25) is 5.60 Å². The van der Waals surface area contributed by atoms with E-state index >= 15 is 0 Å².